The van der Waals surface area contributed by atoms with Crippen LogP contribution in [0.15, 0.2) is 12.1 Å². The van der Waals surface area contributed by atoms with Gasteiger partial charge in [-0.2, -0.15) is 0 Å². The first-order valence-electron chi connectivity index (χ1n) is 7.40. The minimum atomic E-state index is 0.291. The van der Waals surface area contributed by atoms with Crippen LogP contribution in [-0.4, -0.2) is 33.0 Å². The fourth-order valence-electron chi connectivity index (χ4n) is 1.91. The Morgan fingerprint density at radius 2 is 2.05 bits per heavy atom. The molecule has 0 atom stereocenters. The summed E-state index contributed by atoms with van der Waals surface area (Å²) in [5, 5.41) is 3.95. The summed E-state index contributed by atoms with van der Waals surface area (Å²) in [6.07, 6.45) is 1.28. The van der Waals surface area contributed by atoms with Crippen LogP contribution in [0.25, 0.3) is 0 Å². The molecule has 0 bridgehead atoms. The number of hydrogen-bond donors (Lipinski definition) is 1. The Morgan fingerprint density at radius 1 is 1.29 bits per heavy atom. The average Bonchev–Trinajstić information content (AvgIpc) is 2.44. The predicted molar refractivity (Wildman–Crippen MR) is 86.6 cm³/mol. The standard InChI is InChI=1S/C16H26ClNO3/c1-5-20-16-14(17)9-13(10-15(16)19-4)11-18-7-6-8-21-12(2)3/h9-10,12,18H,5-8,11H2,1-4H3. The molecule has 1 aromatic carbocycles. The minimum Gasteiger partial charge on any atom is -0.493 e. The van der Waals surface area contributed by atoms with Crippen LogP contribution >= 0.6 is 11.6 Å². The zero-order valence-electron chi connectivity index (χ0n) is 13.4. The fraction of sp³-hybridized carbons (Fsp3) is 0.625. The molecule has 0 heterocycles. The topological polar surface area (TPSA) is 39.7 Å². The second kappa shape index (κ2) is 9.87. The van der Waals surface area contributed by atoms with E-state index in [1.165, 1.54) is 0 Å². The number of halogens is 1. The molecule has 21 heavy (non-hydrogen) atoms. The van der Waals surface area contributed by atoms with Crippen LogP contribution in [0.5, 0.6) is 11.5 Å². The lowest BCUT2D eigenvalue weighted by atomic mass is 10.2. The lowest BCUT2D eigenvalue weighted by Gasteiger charge is -2.13. The van der Waals surface area contributed by atoms with E-state index < -0.39 is 0 Å². The summed E-state index contributed by atoms with van der Waals surface area (Å²) in [5.41, 5.74) is 1.07. The zero-order chi connectivity index (χ0) is 15.7. The normalized spacial score (nSPS) is 11.0. The monoisotopic (exact) mass is 315 g/mol. The highest BCUT2D eigenvalue weighted by Gasteiger charge is 2.11. The van der Waals surface area contributed by atoms with Gasteiger partial charge in [0.1, 0.15) is 0 Å². The molecule has 120 valence electrons. The maximum Gasteiger partial charge on any atom is 0.179 e. The molecule has 0 aliphatic heterocycles. The number of methoxy groups -OCH3 is 1. The van der Waals surface area contributed by atoms with Crippen LogP contribution < -0.4 is 14.8 Å². The smallest absolute Gasteiger partial charge is 0.179 e. The summed E-state index contributed by atoms with van der Waals surface area (Å²) >= 11 is 6.24. The van der Waals surface area contributed by atoms with Gasteiger partial charge < -0.3 is 19.5 Å². The zero-order valence-corrected chi connectivity index (χ0v) is 14.1. The largest absolute Gasteiger partial charge is 0.493 e. The van der Waals surface area contributed by atoms with Crippen molar-refractivity contribution in [2.75, 3.05) is 26.9 Å². The second-order valence-corrected chi connectivity index (χ2v) is 5.40. The summed E-state index contributed by atoms with van der Waals surface area (Å²) in [5.74, 6) is 1.28. The Balaban J connectivity index is 2.47. The van der Waals surface area contributed by atoms with Crippen LogP contribution in [0.2, 0.25) is 5.02 Å². The van der Waals surface area contributed by atoms with Gasteiger partial charge in [0.05, 0.1) is 24.8 Å². The van der Waals surface area contributed by atoms with E-state index >= 15 is 0 Å². The van der Waals surface area contributed by atoms with Gasteiger partial charge in [-0.25, -0.2) is 0 Å². The Morgan fingerprint density at radius 3 is 2.67 bits per heavy atom. The minimum absolute atomic E-state index is 0.291. The third kappa shape index (κ3) is 6.55. The molecule has 0 fully saturated rings. The average molecular weight is 316 g/mol. The van der Waals surface area contributed by atoms with E-state index in [1.807, 2.05) is 32.9 Å². The Kier molecular flexibility index (Phi) is 8.50. The first-order chi connectivity index (χ1) is 10.1. The van der Waals surface area contributed by atoms with Crippen LogP contribution in [-0.2, 0) is 11.3 Å². The van der Waals surface area contributed by atoms with Crippen LogP contribution in [0, 0.1) is 0 Å². The summed E-state index contributed by atoms with van der Waals surface area (Å²) < 4.78 is 16.3. The van der Waals surface area contributed by atoms with Gasteiger partial charge in [-0.15, -0.1) is 0 Å². The van der Waals surface area contributed by atoms with Gasteiger partial charge >= 0.3 is 0 Å². The van der Waals surface area contributed by atoms with E-state index in [2.05, 4.69) is 5.32 Å². The number of rotatable bonds is 10. The number of hydrogen-bond acceptors (Lipinski definition) is 4. The Hall–Kier alpha value is -0.970. The summed E-state index contributed by atoms with van der Waals surface area (Å²) in [4.78, 5) is 0. The molecule has 1 rings (SSSR count). The van der Waals surface area contributed by atoms with Crippen molar-refractivity contribution in [1.29, 1.82) is 0 Å². The van der Waals surface area contributed by atoms with Crippen molar-refractivity contribution in [3.8, 4) is 11.5 Å². The molecule has 0 amide bonds. The van der Waals surface area contributed by atoms with Crippen molar-refractivity contribution in [3.05, 3.63) is 22.7 Å². The maximum absolute atomic E-state index is 6.24. The Labute approximate surface area is 132 Å². The van der Waals surface area contributed by atoms with Crippen molar-refractivity contribution in [2.45, 2.75) is 39.8 Å². The van der Waals surface area contributed by atoms with Crippen molar-refractivity contribution in [2.24, 2.45) is 0 Å². The molecule has 1 aromatic rings. The van der Waals surface area contributed by atoms with E-state index in [9.17, 15) is 0 Å². The molecule has 0 unspecified atom stereocenters. The van der Waals surface area contributed by atoms with Gasteiger partial charge in [0.2, 0.25) is 0 Å². The predicted octanol–water partition coefficient (Wildman–Crippen LogP) is 3.65. The van der Waals surface area contributed by atoms with Crippen molar-refractivity contribution >= 4 is 11.6 Å². The molecular weight excluding hydrogens is 290 g/mol. The van der Waals surface area contributed by atoms with Crippen LogP contribution in [0.3, 0.4) is 0 Å². The molecule has 1 N–H and O–H groups in total. The fourth-order valence-corrected chi connectivity index (χ4v) is 2.20. The van der Waals surface area contributed by atoms with Crippen molar-refractivity contribution < 1.29 is 14.2 Å². The van der Waals surface area contributed by atoms with Gasteiger partial charge in [0.15, 0.2) is 11.5 Å². The summed E-state index contributed by atoms with van der Waals surface area (Å²) in [6.45, 7) is 8.99. The highest BCUT2D eigenvalue weighted by Crippen LogP contribution is 2.36. The maximum atomic E-state index is 6.24. The number of nitrogens with one attached hydrogen (secondary N) is 1. The van der Waals surface area contributed by atoms with E-state index in [4.69, 9.17) is 25.8 Å². The molecule has 0 spiro atoms. The summed E-state index contributed by atoms with van der Waals surface area (Å²) in [6, 6.07) is 3.86. The molecule has 0 aromatic heterocycles. The van der Waals surface area contributed by atoms with Crippen molar-refractivity contribution in [3.63, 3.8) is 0 Å². The van der Waals surface area contributed by atoms with E-state index in [0.29, 0.717) is 29.2 Å². The van der Waals surface area contributed by atoms with Crippen LogP contribution in [0.4, 0.5) is 0 Å². The molecule has 0 saturated heterocycles. The van der Waals surface area contributed by atoms with E-state index in [0.717, 1.165) is 31.7 Å². The van der Waals surface area contributed by atoms with E-state index in [-0.39, 0.29) is 0 Å². The molecule has 5 heteroatoms. The first-order valence-corrected chi connectivity index (χ1v) is 7.77. The lowest BCUT2D eigenvalue weighted by molar-refractivity contribution is 0.0770. The summed E-state index contributed by atoms with van der Waals surface area (Å²) in [7, 11) is 1.62. The molecule has 0 aliphatic rings. The Bertz CT molecular complexity index is 424. The first kappa shape index (κ1) is 18.1. The third-order valence-corrected chi connectivity index (χ3v) is 3.14. The quantitative estimate of drug-likeness (QED) is 0.669. The van der Waals surface area contributed by atoms with Crippen LogP contribution in [0.1, 0.15) is 32.8 Å². The molecule has 4 nitrogen and oxygen atoms in total. The van der Waals surface area contributed by atoms with E-state index in [1.54, 1.807) is 7.11 Å². The third-order valence-electron chi connectivity index (χ3n) is 2.86. The number of ether oxygens (including phenoxy) is 3. The van der Waals surface area contributed by atoms with Crippen molar-refractivity contribution in [1.82, 2.24) is 5.32 Å². The highest BCUT2D eigenvalue weighted by molar-refractivity contribution is 6.32. The number of benzene rings is 1. The molecule has 0 radical (unpaired) electrons. The lowest BCUT2D eigenvalue weighted by Crippen LogP contribution is -2.17. The molecular formula is C16H26ClNO3. The second-order valence-electron chi connectivity index (χ2n) is 4.99. The van der Waals surface area contributed by atoms with Gasteiger partial charge in [0, 0.05) is 13.2 Å². The van der Waals surface area contributed by atoms with Gasteiger partial charge in [0.25, 0.3) is 0 Å². The highest BCUT2D eigenvalue weighted by atomic mass is 35.5. The molecule has 0 aliphatic carbocycles. The SMILES string of the molecule is CCOc1c(Cl)cc(CNCCCOC(C)C)cc1OC. The molecule has 0 saturated carbocycles. The van der Waals surface area contributed by atoms with Gasteiger partial charge in [-0.3, -0.25) is 0 Å². The van der Waals surface area contributed by atoms with Gasteiger partial charge in [-0.05, 0) is 51.4 Å². The van der Waals surface area contributed by atoms with Gasteiger partial charge in [-0.1, -0.05) is 11.6 Å².